The van der Waals surface area contributed by atoms with Crippen LogP contribution < -0.4 is 0 Å². The van der Waals surface area contributed by atoms with Crippen LogP contribution in [0.3, 0.4) is 0 Å². The summed E-state index contributed by atoms with van der Waals surface area (Å²) in [4.78, 5) is 12.2. The predicted molar refractivity (Wildman–Crippen MR) is 68.4 cm³/mol. The quantitative estimate of drug-likeness (QED) is 0.769. The number of ketones is 1. The molecule has 0 radical (unpaired) electrons. The summed E-state index contributed by atoms with van der Waals surface area (Å²) in [5.41, 5.74) is 0.339. The highest BCUT2D eigenvalue weighted by Crippen LogP contribution is 2.22. The van der Waals surface area contributed by atoms with Crippen LogP contribution in [0, 0.1) is 5.82 Å². The molecule has 0 amide bonds. The molecule has 0 aliphatic carbocycles. The lowest BCUT2D eigenvalue weighted by Gasteiger charge is -2.04. The number of aromatic nitrogens is 2. The predicted octanol–water partition coefficient (Wildman–Crippen LogP) is 3.32. The van der Waals surface area contributed by atoms with Gasteiger partial charge in [-0.3, -0.25) is 9.48 Å². The number of hydrogen-bond donors (Lipinski definition) is 0. The number of carbonyl (C=O) groups excluding carboxylic acids is 1. The Balaban J connectivity index is 2.55. The van der Waals surface area contributed by atoms with Gasteiger partial charge < -0.3 is 0 Å². The Morgan fingerprint density at radius 3 is 2.71 bits per heavy atom. The van der Waals surface area contributed by atoms with Gasteiger partial charge >= 0.3 is 0 Å². The molecule has 0 fully saturated rings. The lowest BCUT2D eigenvalue weighted by molar-refractivity contribution is 0.102. The molecule has 0 spiro atoms. The van der Waals surface area contributed by atoms with Gasteiger partial charge in [-0.2, -0.15) is 5.10 Å². The molecule has 0 aliphatic rings. The Morgan fingerprint density at radius 1 is 1.41 bits per heavy atom. The minimum Gasteiger partial charge on any atom is -0.287 e. The van der Waals surface area contributed by atoms with Gasteiger partial charge in [0, 0.05) is 11.5 Å². The normalized spacial score (nSPS) is 10.6. The fourth-order valence-electron chi connectivity index (χ4n) is 1.47. The summed E-state index contributed by atoms with van der Waals surface area (Å²) in [5, 5.41) is 3.93. The second kappa shape index (κ2) is 4.70. The van der Waals surface area contributed by atoms with Gasteiger partial charge in [0.2, 0.25) is 5.78 Å². The monoisotopic (exact) mass is 360 g/mol. The van der Waals surface area contributed by atoms with Crippen molar-refractivity contribution in [1.82, 2.24) is 9.78 Å². The van der Waals surface area contributed by atoms with Crippen molar-refractivity contribution in [2.45, 2.75) is 0 Å². The lowest BCUT2D eigenvalue weighted by Crippen LogP contribution is -2.10. The summed E-state index contributed by atoms with van der Waals surface area (Å²) in [6, 6.07) is 4.25. The van der Waals surface area contributed by atoms with E-state index in [0.717, 1.165) is 0 Å². The number of hydrogen-bond acceptors (Lipinski definition) is 2. The molecule has 0 atom stereocenters. The van der Waals surface area contributed by atoms with Gasteiger partial charge in [0.05, 0.1) is 16.2 Å². The molecule has 2 aromatic rings. The maximum atomic E-state index is 13.6. The van der Waals surface area contributed by atoms with Gasteiger partial charge in [-0.15, -0.1) is 0 Å². The molecule has 1 aromatic heterocycles. The molecule has 0 saturated carbocycles. The molecular formula is C11H7Br2FN2O. The molecule has 3 nitrogen and oxygen atoms in total. The number of halogens is 3. The van der Waals surface area contributed by atoms with Crippen LogP contribution in [-0.4, -0.2) is 15.6 Å². The molecule has 88 valence electrons. The van der Waals surface area contributed by atoms with E-state index in [1.54, 1.807) is 13.1 Å². The van der Waals surface area contributed by atoms with Crippen LogP contribution in [0.15, 0.2) is 33.3 Å². The van der Waals surface area contributed by atoms with Gasteiger partial charge in [0.1, 0.15) is 11.5 Å². The van der Waals surface area contributed by atoms with Crippen molar-refractivity contribution >= 4 is 37.6 Å². The summed E-state index contributed by atoms with van der Waals surface area (Å²) in [6.45, 7) is 0. The number of nitrogens with zero attached hydrogens (tertiary/aromatic N) is 2. The van der Waals surface area contributed by atoms with Crippen LogP contribution in [0.1, 0.15) is 16.1 Å². The summed E-state index contributed by atoms with van der Waals surface area (Å²) >= 11 is 6.43. The lowest BCUT2D eigenvalue weighted by atomic mass is 10.1. The van der Waals surface area contributed by atoms with Gasteiger partial charge in [0.15, 0.2) is 0 Å². The number of rotatable bonds is 2. The molecule has 2 rings (SSSR count). The maximum Gasteiger partial charge on any atom is 0.215 e. The first kappa shape index (κ1) is 12.4. The molecule has 0 unspecified atom stereocenters. The summed E-state index contributed by atoms with van der Waals surface area (Å²) in [7, 11) is 1.63. The average molecular weight is 362 g/mol. The maximum absolute atomic E-state index is 13.6. The van der Waals surface area contributed by atoms with Crippen molar-refractivity contribution in [1.29, 1.82) is 0 Å². The molecule has 1 aromatic carbocycles. The molecule has 17 heavy (non-hydrogen) atoms. The van der Waals surface area contributed by atoms with E-state index in [2.05, 4.69) is 37.0 Å². The third kappa shape index (κ3) is 2.32. The third-order valence-corrected chi connectivity index (χ3v) is 3.36. The molecular weight excluding hydrogens is 355 g/mol. The van der Waals surface area contributed by atoms with Crippen molar-refractivity contribution < 1.29 is 9.18 Å². The molecule has 0 bridgehead atoms. The van der Waals surface area contributed by atoms with E-state index in [4.69, 9.17) is 0 Å². The van der Waals surface area contributed by atoms with E-state index >= 15 is 0 Å². The van der Waals surface area contributed by atoms with E-state index in [9.17, 15) is 9.18 Å². The van der Waals surface area contributed by atoms with Crippen molar-refractivity contribution in [2.75, 3.05) is 0 Å². The van der Waals surface area contributed by atoms with Crippen molar-refractivity contribution in [3.05, 3.63) is 50.4 Å². The van der Waals surface area contributed by atoms with Crippen molar-refractivity contribution in [2.24, 2.45) is 7.05 Å². The van der Waals surface area contributed by atoms with E-state index in [1.165, 1.54) is 23.0 Å². The molecule has 0 saturated heterocycles. The minimum atomic E-state index is -0.550. The topological polar surface area (TPSA) is 34.9 Å². The van der Waals surface area contributed by atoms with Crippen molar-refractivity contribution in [3.63, 3.8) is 0 Å². The van der Waals surface area contributed by atoms with Crippen LogP contribution in [0.25, 0.3) is 0 Å². The largest absolute Gasteiger partial charge is 0.287 e. The Bertz CT molecular complexity index is 576. The van der Waals surface area contributed by atoms with Crippen LogP contribution in [0.5, 0.6) is 0 Å². The number of carbonyl (C=O) groups is 1. The van der Waals surface area contributed by atoms with Crippen LogP contribution in [0.4, 0.5) is 4.39 Å². The highest BCUT2D eigenvalue weighted by molar-refractivity contribution is 9.10. The first-order valence-electron chi connectivity index (χ1n) is 4.68. The molecule has 6 heteroatoms. The zero-order valence-corrected chi connectivity index (χ0v) is 11.9. The molecule has 0 aliphatic heterocycles. The van der Waals surface area contributed by atoms with Gasteiger partial charge in [0.25, 0.3) is 0 Å². The van der Waals surface area contributed by atoms with Crippen LogP contribution >= 0.6 is 31.9 Å². The standard InChI is InChI=1S/C11H7Br2FN2O/c1-16-10(8(13)5-15-16)11(17)7-4-6(12)2-3-9(7)14/h2-5H,1H3. The van der Waals surface area contributed by atoms with E-state index < -0.39 is 11.6 Å². The second-order valence-corrected chi connectivity index (χ2v) is 5.19. The minimum absolute atomic E-state index is 0.0173. The van der Waals surface area contributed by atoms with E-state index in [1.807, 2.05) is 0 Å². The Labute approximate surface area is 114 Å². The Hall–Kier alpha value is -1.01. The molecule has 0 N–H and O–H groups in total. The number of benzene rings is 1. The summed E-state index contributed by atoms with van der Waals surface area (Å²) in [6.07, 6.45) is 1.50. The molecule has 1 heterocycles. The van der Waals surface area contributed by atoms with Crippen molar-refractivity contribution in [3.8, 4) is 0 Å². The SMILES string of the molecule is Cn1ncc(Br)c1C(=O)c1cc(Br)ccc1F. The zero-order chi connectivity index (χ0) is 12.6. The van der Waals surface area contributed by atoms with Gasteiger partial charge in [-0.05, 0) is 34.1 Å². The number of aryl methyl sites for hydroxylation is 1. The van der Waals surface area contributed by atoms with E-state index in [0.29, 0.717) is 14.6 Å². The second-order valence-electron chi connectivity index (χ2n) is 3.42. The first-order chi connectivity index (χ1) is 8.00. The van der Waals surface area contributed by atoms with Crippen LogP contribution in [-0.2, 0) is 7.05 Å². The van der Waals surface area contributed by atoms with Gasteiger partial charge in [-0.25, -0.2) is 4.39 Å². The fourth-order valence-corrected chi connectivity index (χ4v) is 2.35. The average Bonchev–Trinajstić information content (AvgIpc) is 2.61. The highest BCUT2D eigenvalue weighted by Gasteiger charge is 2.20. The smallest absolute Gasteiger partial charge is 0.215 e. The summed E-state index contributed by atoms with van der Waals surface area (Å²) < 4.78 is 16.2. The Kier molecular flexibility index (Phi) is 3.44. The first-order valence-corrected chi connectivity index (χ1v) is 6.26. The van der Waals surface area contributed by atoms with Crippen LogP contribution in [0.2, 0.25) is 0 Å². The Morgan fingerprint density at radius 2 is 2.12 bits per heavy atom. The fraction of sp³-hybridized carbons (Fsp3) is 0.0909. The summed E-state index contributed by atoms with van der Waals surface area (Å²) in [5.74, 6) is -0.957. The van der Waals surface area contributed by atoms with E-state index in [-0.39, 0.29) is 5.56 Å². The third-order valence-electron chi connectivity index (χ3n) is 2.28. The zero-order valence-electron chi connectivity index (χ0n) is 8.75. The highest BCUT2D eigenvalue weighted by atomic mass is 79.9. The van der Waals surface area contributed by atoms with Gasteiger partial charge in [-0.1, -0.05) is 15.9 Å².